The van der Waals surface area contributed by atoms with Crippen molar-refractivity contribution in [2.24, 2.45) is 0 Å². The third kappa shape index (κ3) is 3.19. The maximum absolute atomic E-state index is 12.4. The molecule has 8 nitrogen and oxygen atoms in total. The smallest absolute Gasteiger partial charge is 0.262 e. The standard InChI is InChI=1S/C17H19N5O3/c23-16-10-25-13-8-11(5-6-12(13)19-16)17(24)18-9-15-21-20-14-4-2-1-3-7-22(14)15/h5-6,8H,1-4,7,9-10H2,(H,18,24)(H,19,23). The molecule has 4 rings (SSSR count). The van der Waals surface area contributed by atoms with Crippen molar-refractivity contribution < 1.29 is 14.3 Å². The van der Waals surface area contributed by atoms with Gasteiger partial charge in [-0.1, -0.05) is 6.42 Å². The number of aromatic nitrogens is 3. The summed E-state index contributed by atoms with van der Waals surface area (Å²) in [7, 11) is 0. The zero-order valence-electron chi connectivity index (χ0n) is 13.7. The number of nitrogens with zero attached hydrogens (tertiary/aromatic N) is 3. The van der Waals surface area contributed by atoms with Gasteiger partial charge in [0.1, 0.15) is 11.6 Å². The summed E-state index contributed by atoms with van der Waals surface area (Å²) in [5, 5.41) is 14.0. The van der Waals surface area contributed by atoms with Crippen LogP contribution in [0, 0.1) is 0 Å². The van der Waals surface area contributed by atoms with Crippen molar-refractivity contribution in [2.75, 3.05) is 11.9 Å². The number of fused-ring (bicyclic) bond motifs is 2. The summed E-state index contributed by atoms with van der Waals surface area (Å²) in [6, 6.07) is 4.96. The topological polar surface area (TPSA) is 98.1 Å². The molecule has 0 atom stereocenters. The minimum absolute atomic E-state index is 0.0377. The van der Waals surface area contributed by atoms with E-state index in [-0.39, 0.29) is 18.4 Å². The van der Waals surface area contributed by atoms with E-state index in [1.165, 1.54) is 6.42 Å². The Balaban J connectivity index is 1.44. The lowest BCUT2D eigenvalue weighted by Crippen LogP contribution is -2.27. The van der Waals surface area contributed by atoms with Crippen molar-refractivity contribution in [3.63, 3.8) is 0 Å². The minimum Gasteiger partial charge on any atom is -0.482 e. The molecule has 2 amide bonds. The third-order valence-electron chi connectivity index (χ3n) is 4.47. The zero-order chi connectivity index (χ0) is 17.2. The van der Waals surface area contributed by atoms with Gasteiger partial charge in [0, 0.05) is 18.5 Å². The molecular weight excluding hydrogens is 322 g/mol. The number of carbonyl (C=O) groups excluding carboxylic acids is 2. The Morgan fingerprint density at radius 1 is 1.28 bits per heavy atom. The summed E-state index contributed by atoms with van der Waals surface area (Å²) in [6.45, 7) is 1.20. The Morgan fingerprint density at radius 2 is 2.20 bits per heavy atom. The van der Waals surface area contributed by atoms with Gasteiger partial charge in [-0.15, -0.1) is 10.2 Å². The number of anilines is 1. The average Bonchev–Trinajstić information content (AvgIpc) is 2.85. The lowest BCUT2D eigenvalue weighted by atomic mass is 10.1. The minimum atomic E-state index is -0.214. The van der Waals surface area contributed by atoms with Crippen LogP contribution in [0.5, 0.6) is 5.75 Å². The summed E-state index contributed by atoms with van der Waals surface area (Å²) in [4.78, 5) is 23.7. The molecule has 0 radical (unpaired) electrons. The van der Waals surface area contributed by atoms with Crippen molar-refractivity contribution in [1.29, 1.82) is 0 Å². The maximum atomic E-state index is 12.4. The summed E-state index contributed by atoms with van der Waals surface area (Å²) in [5.41, 5.74) is 1.06. The average molecular weight is 341 g/mol. The predicted molar refractivity (Wildman–Crippen MR) is 89.3 cm³/mol. The van der Waals surface area contributed by atoms with Crippen LogP contribution in [0.3, 0.4) is 0 Å². The van der Waals surface area contributed by atoms with Gasteiger partial charge < -0.3 is 19.9 Å². The fraction of sp³-hybridized carbons (Fsp3) is 0.412. The van der Waals surface area contributed by atoms with E-state index < -0.39 is 0 Å². The normalized spacial score (nSPS) is 16.1. The SMILES string of the molecule is O=C1COc2cc(C(=O)NCc3nnc4n3CCCCC4)ccc2N1. The van der Waals surface area contributed by atoms with Gasteiger partial charge in [-0.3, -0.25) is 9.59 Å². The first-order valence-electron chi connectivity index (χ1n) is 8.46. The van der Waals surface area contributed by atoms with Crippen LogP contribution in [-0.4, -0.2) is 33.2 Å². The number of amides is 2. The number of hydrogen-bond donors (Lipinski definition) is 2. The predicted octanol–water partition coefficient (Wildman–Crippen LogP) is 1.27. The van der Waals surface area contributed by atoms with Gasteiger partial charge in [0.15, 0.2) is 12.4 Å². The molecule has 2 aromatic rings. The highest BCUT2D eigenvalue weighted by Gasteiger charge is 2.19. The molecule has 8 heteroatoms. The van der Waals surface area contributed by atoms with Crippen LogP contribution in [0.1, 0.15) is 41.3 Å². The summed E-state index contributed by atoms with van der Waals surface area (Å²) in [6.07, 6.45) is 4.38. The molecule has 2 aliphatic rings. The molecule has 130 valence electrons. The molecule has 3 heterocycles. The Kier molecular flexibility index (Phi) is 4.09. The molecule has 0 unspecified atom stereocenters. The second-order valence-corrected chi connectivity index (χ2v) is 6.23. The monoisotopic (exact) mass is 341 g/mol. The Morgan fingerprint density at radius 3 is 3.12 bits per heavy atom. The molecule has 1 aromatic heterocycles. The van der Waals surface area contributed by atoms with Crippen LogP contribution >= 0.6 is 0 Å². The highest BCUT2D eigenvalue weighted by Crippen LogP contribution is 2.28. The molecule has 25 heavy (non-hydrogen) atoms. The molecular formula is C17H19N5O3. The van der Waals surface area contributed by atoms with Crippen LogP contribution in [0.15, 0.2) is 18.2 Å². The quantitative estimate of drug-likeness (QED) is 0.876. The number of ether oxygens (including phenoxy) is 1. The van der Waals surface area contributed by atoms with E-state index in [1.54, 1.807) is 18.2 Å². The van der Waals surface area contributed by atoms with Gasteiger partial charge in [-0.05, 0) is 31.0 Å². The van der Waals surface area contributed by atoms with E-state index >= 15 is 0 Å². The molecule has 0 bridgehead atoms. The van der Waals surface area contributed by atoms with Crippen molar-refractivity contribution in [3.8, 4) is 5.75 Å². The van der Waals surface area contributed by atoms with Crippen LogP contribution in [-0.2, 0) is 24.3 Å². The van der Waals surface area contributed by atoms with Crippen molar-refractivity contribution in [3.05, 3.63) is 35.4 Å². The third-order valence-corrected chi connectivity index (χ3v) is 4.47. The number of benzene rings is 1. The molecule has 0 aliphatic carbocycles. The number of carbonyl (C=O) groups is 2. The largest absolute Gasteiger partial charge is 0.482 e. The van der Waals surface area contributed by atoms with Gasteiger partial charge in [-0.25, -0.2) is 0 Å². The highest BCUT2D eigenvalue weighted by atomic mass is 16.5. The molecule has 0 fully saturated rings. The van der Waals surface area contributed by atoms with Crippen LogP contribution < -0.4 is 15.4 Å². The second kappa shape index (κ2) is 6.54. The van der Waals surface area contributed by atoms with Crippen LogP contribution in [0.25, 0.3) is 0 Å². The first kappa shape index (κ1) is 15.6. The first-order valence-corrected chi connectivity index (χ1v) is 8.46. The number of aryl methyl sites for hydroxylation is 1. The molecule has 0 spiro atoms. The Hall–Kier alpha value is -2.90. The Labute approximate surface area is 144 Å². The molecule has 2 aliphatic heterocycles. The number of rotatable bonds is 3. The molecule has 0 saturated heterocycles. The van der Waals surface area contributed by atoms with E-state index in [1.807, 2.05) is 0 Å². The van der Waals surface area contributed by atoms with Gasteiger partial charge in [0.25, 0.3) is 11.8 Å². The van der Waals surface area contributed by atoms with E-state index in [2.05, 4.69) is 25.4 Å². The van der Waals surface area contributed by atoms with Crippen LogP contribution in [0.2, 0.25) is 0 Å². The summed E-state index contributed by atoms with van der Waals surface area (Å²) in [5.74, 6) is 1.88. The summed E-state index contributed by atoms with van der Waals surface area (Å²) >= 11 is 0. The van der Waals surface area contributed by atoms with E-state index in [0.717, 1.165) is 37.5 Å². The highest BCUT2D eigenvalue weighted by molar-refractivity contribution is 5.98. The van der Waals surface area contributed by atoms with Gasteiger partial charge in [0.2, 0.25) is 0 Å². The molecule has 2 N–H and O–H groups in total. The first-order chi connectivity index (χ1) is 12.2. The van der Waals surface area contributed by atoms with E-state index in [4.69, 9.17) is 4.74 Å². The lowest BCUT2D eigenvalue weighted by molar-refractivity contribution is -0.118. The number of hydrogen-bond acceptors (Lipinski definition) is 5. The van der Waals surface area contributed by atoms with E-state index in [0.29, 0.717) is 23.5 Å². The summed E-state index contributed by atoms with van der Waals surface area (Å²) < 4.78 is 7.46. The molecule has 0 saturated carbocycles. The number of nitrogens with one attached hydrogen (secondary N) is 2. The fourth-order valence-electron chi connectivity index (χ4n) is 3.15. The van der Waals surface area contributed by atoms with Gasteiger partial charge in [0.05, 0.1) is 12.2 Å². The van der Waals surface area contributed by atoms with Gasteiger partial charge >= 0.3 is 0 Å². The lowest BCUT2D eigenvalue weighted by Gasteiger charge is -2.18. The van der Waals surface area contributed by atoms with Crippen molar-refractivity contribution >= 4 is 17.5 Å². The van der Waals surface area contributed by atoms with Crippen LogP contribution in [0.4, 0.5) is 5.69 Å². The Bertz CT molecular complexity index is 830. The van der Waals surface area contributed by atoms with E-state index in [9.17, 15) is 9.59 Å². The molecule has 1 aromatic carbocycles. The van der Waals surface area contributed by atoms with Crippen molar-refractivity contribution in [2.45, 2.75) is 38.8 Å². The fourth-order valence-corrected chi connectivity index (χ4v) is 3.15. The zero-order valence-corrected chi connectivity index (χ0v) is 13.7. The van der Waals surface area contributed by atoms with Crippen molar-refractivity contribution in [1.82, 2.24) is 20.1 Å². The maximum Gasteiger partial charge on any atom is 0.262 e. The second-order valence-electron chi connectivity index (χ2n) is 6.23. The van der Waals surface area contributed by atoms with Gasteiger partial charge in [-0.2, -0.15) is 0 Å².